The van der Waals surface area contributed by atoms with Gasteiger partial charge in [0.1, 0.15) is 5.75 Å². The third kappa shape index (κ3) is 6.22. The van der Waals surface area contributed by atoms with Gasteiger partial charge in [-0.05, 0) is 42.7 Å². The highest BCUT2D eigenvalue weighted by Gasteiger charge is 2.25. The lowest BCUT2D eigenvalue weighted by Crippen LogP contribution is -2.46. The number of urea groups is 1. The molecule has 0 aromatic heterocycles. The Labute approximate surface area is 171 Å². The van der Waals surface area contributed by atoms with Crippen LogP contribution in [0.3, 0.4) is 0 Å². The van der Waals surface area contributed by atoms with E-state index in [0.29, 0.717) is 11.4 Å². The third-order valence-corrected chi connectivity index (χ3v) is 5.16. The van der Waals surface area contributed by atoms with Crippen molar-refractivity contribution >= 4 is 17.6 Å². The Kier molecular flexibility index (Phi) is 7.08. The maximum absolute atomic E-state index is 12.6. The summed E-state index contributed by atoms with van der Waals surface area (Å²) in [6.45, 7) is 2.73. The summed E-state index contributed by atoms with van der Waals surface area (Å²) in [6, 6.07) is 17.4. The Bertz CT molecular complexity index is 803. The smallest absolute Gasteiger partial charge is 0.321 e. The lowest BCUT2D eigenvalue weighted by molar-refractivity contribution is -0.119. The highest BCUT2D eigenvalue weighted by molar-refractivity contribution is 5.89. The number of nitrogens with one attached hydrogen (secondary N) is 1. The fourth-order valence-electron chi connectivity index (χ4n) is 3.47. The third-order valence-electron chi connectivity index (χ3n) is 5.16. The maximum Gasteiger partial charge on any atom is 0.321 e. The predicted octanol–water partition coefficient (Wildman–Crippen LogP) is 2.68. The fraction of sp³-hybridized carbons (Fsp3) is 0.364. The van der Waals surface area contributed by atoms with Gasteiger partial charge in [-0.1, -0.05) is 30.3 Å². The van der Waals surface area contributed by atoms with Crippen LogP contribution in [0.1, 0.15) is 18.4 Å². The first-order chi connectivity index (χ1) is 14.0. The molecule has 1 aliphatic rings. The van der Waals surface area contributed by atoms with Gasteiger partial charge in [0.05, 0.1) is 0 Å². The van der Waals surface area contributed by atoms with Crippen molar-refractivity contribution in [3.05, 3.63) is 60.2 Å². The zero-order chi connectivity index (χ0) is 20.6. The summed E-state index contributed by atoms with van der Waals surface area (Å²) in [5, 5.41) is 2.91. The molecule has 0 bridgehead atoms. The Hall–Kier alpha value is -3.06. The molecule has 0 unspecified atom stereocenters. The molecular weight excluding hydrogens is 368 g/mol. The SMILES string of the molecule is CN(C(=O)Nc1ccc(OCC(N)=O)cc1)C1CCN(Cc2ccccc2)CC1. The number of carbonyl (C=O) groups excluding carboxylic acids is 2. The van der Waals surface area contributed by atoms with Crippen LogP contribution in [-0.2, 0) is 11.3 Å². The van der Waals surface area contributed by atoms with Gasteiger partial charge < -0.3 is 20.7 Å². The minimum Gasteiger partial charge on any atom is -0.484 e. The van der Waals surface area contributed by atoms with E-state index in [1.54, 1.807) is 29.2 Å². The monoisotopic (exact) mass is 396 g/mol. The minimum absolute atomic E-state index is 0.127. The highest BCUT2D eigenvalue weighted by atomic mass is 16.5. The highest BCUT2D eigenvalue weighted by Crippen LogP contribution is 2.20. The molecule has 0 atom stereocenters. The Morgan fingerprint density at radius 1 is 1.10 bits per heavy atom. The van der Waals surface area contributed by atoms with Crippen LogP contribution in [0.15, 0.2) is 54.6 Å². The van der Waals surface area contributed by atoms with Gasteiger partial charge in [-0.15, -0.1) is 0 Å². The molecule has 0 saturated carbocycles. The van der Waals surface area contributed by atoms with E-state index in [-0.39, 0.29) is 18.7 Å². The summed E-state index contributed by atoms with van der Waals surface area (Å²) in [5.41, 5.74) is 7.05. The van der Waals surface area contributed by atoms with Gasteiger partial charge in [-0.25, -0.2) is 4.79 Å². The Morgan fingerprint density at radius 2 is 1.76 bits per heavy atom. The van der Waals surface area contributed by atoms with E-state index in [1.807, 2.05) is 13.1 Å². The summed E-state index contributed by atoms with van der Waals surface area (Å²) < 4.78 is 5.22. The number of hydrogen-bond acceptors (Lipinski definition) is 4. The number of nitrogens with zero attached hydrogens (tertiary/aromatic N) is 2. The van der Waals surface area contributed by atoms with E-state index >= 15 is 0 Å². The van der Waals surface area contributed by atoms with E-state index in [2.05, 4.69) is 34.5 Å². The largest absolute Gasteiger partial charge is 0.484 e. The van der Waals surface area contributed by atoms with E-state index in [4.69, 9.17) is 10.5 Å². The summed E-state index contributed by atoms with van der Waals surface area (Å²) in [5.74, 6) is -0.000221. The second-order valence-corrected chi connectivity index (χ2v) is 7.31. The first-order valence-electron chi connectivity index (χ1n) is 9.82. The summed E-state index contributed by atoms with van der Waals surface area (Å²) in [6.07, 6.45) is 1.91. The molecule has 3 rings (SSSR count). The number of amides is 3. The molecule has 1 saturated heterocycles. The molecule has 0 aliphatic carbocycles. The summed E-state index contributed by atoms with van der Waals surface area (Å²) in [7, 11) is 1.84. The van der Waals surface area contributed by atoms with Gasteiger partial charge >= 0.3 is 6.03 Å². The minimum atomic E-state index is -0.529. The van der Waals surface area contributed by atoms with Gasteiger partial charge in [-0.2, -0.15) is 0 Å². The number of ether oxygens (including phenoxy) is 1. The van der Waals surface area contributed by atoms with Crippen molar-refractivity contribution in [3.8, 4) is 5.75 Å². The normalized spacial score (nSPS) is 14.9. The van der Waals surface area contributed by atoms with E-state index in [0.717, 1.165) is 32.5 Å². The molecule has 29 heavy (non-hydrogen) atoms. The second-order valence-electron chi connectivity index (χ2n) is 7.31. The lowest BCUT2D eigenvalue weighted by Gasteiger charge is -2.36. The van der Waals surface area contributed by atoms with Crippen LogP contribution in [0.4, 0.5) is 10.5 Å². The summed E-state index contributed by atoms with van der Waals surface area (Å²) in [4.78, 5) is 27.6. The van der Waals surface area contributed by atoms with Crippen LogP contribution in [0, 0.1) is 0 Å². The number of piperidine rings is 1. The zero-order valence-corrected chi connectivity index (χ0v) is 16.7. The van der Waals surface area contributed by atoms with E-state index in [1.165, 1.54) is 5.56 Å². The predicted molar refractivity (Wildman–Crippen MR) is 113 cm³/mol. The number of anilines is 1. The number of carbonyl (C=O) groups is 2. The standard InChI is InChI=1S/C22H28N4O3/c1-25(19-11-13-26(14-12-19)15-17-5-3-2-4-6-17)22(28)24-18-7-9-20(10-8-18)29-16-21(23)27/h2-10,19H,11-16H2,1H3,(H2,23,27)(H,24,28). The number of benzene rings is 2. The number of nitrogens with two attached hydrogens (primary N) is 1. The molecule has 1 fully saturated rings. The quantitative estimate of drug-likeness (QED) is 0.753. The Morgan fingerprint density at radius 3 is 2.38 bits per heavy atom. The molecule has 3 N–H and O–H groups in total. The van der Waals surface area contributed by atoms with Crippen molar-refractivity contribution in [2.24, 2.45) is 5.73 Å². The van der Waals surface area contributed by atoms with Gasteiger partial charge in [0, 0.05) is 38.4 Å². The molecule has 7 nitrogen and oxygen atoms in total. The number of likely N-dealkylation sites (tertiary alicyclic amines) is 1. The first kappa shape index (κ1) is 20.7. The van der Waals surface area contributed by atoms with Crippen molar-refractivity contribution < 1.29 is 14.3 Å². The average molecular weight is 396 g/mol. The van der Waals surface area contributed by atoms with Gasteiger partial charge in [0.15, 0.2) is 6.61 Å². The molecule has 7 heteroatoms. The van der Waals surface area contributed by atoms with Crippen molar-refractivity contribution in [1.82, 2.24) is 9.80 Å². The van der Waals surface area contributed by atoms with Gasteiger partial charge in [-0.3, -0.25) is 9.69 Å². The Balaban J connectivity index is 1.45. The molecule has 1 heterocycles. The van der Waals surface area contributed by atoms with Gasteiger partial charge in [0.2, 0.25) is 0 Å². The fourth-order valence-corrected chi connectivity index (χ4v) is 3.47. The number of rotatable bonds is 7. The van der Waals surface area contributed by atoms with Crippen LogP contribution >= 0.6 is 0 Å². The van der Waals surface area contributed by atoms with Crippen molar-refractivity contribution in [2.75, 3.05) is 32.1 Å². The molecule has 154 valence electrons. The zero-order valence-electron chi connectivity index (χ0n) is 16.7. The number of primary amides is 1. The van der Waals surface area contributed by atoms with Crippen LogP contribution in [0.5, 0.6) is 5.75 Å². The van der Waals surface area contributed by atoms with E-state index < -0.39 is 5.91 Å². The molecule has 2 aromatic rings. The topological polar surface area (TPSA) is 87.9 Å². The second kappa shape index (κ2) is 9.93. The van der Waals surface area contributed by atoms with Crippen molar-refractivity contribution in [1.29, 1.82) is 0 Å². The molecular formula is C22H28N4O3. The van der Waals surface area contributed by atoms with Crippen LogP contribution < -0.4 is 15.8 Å². The van der Waals surface area contributed by atoms with Crippen LogP contribution in [-0.4, -0.2) is 54.5 Å². The molecule has 0 spiro atoms. The molecule has 0 radical (unpaired) electrons. The molecule has 2 aromatic carbocycles. The molecule has 1 aliphatic heterocycles. The van der Waals surface area contributed by atoms with Crippen molar-refractivity contribution in [2.45, 2.75) is 25.4 Å². The number of hydrogen-bond donors (Lipinski definition) is 2. The molecule has 3 amide bonds. The van der Waals surface area contributed by atoms with Gasteiger partial charge in [0.25, 0.3) is 5.91 Å². The lowest BCUT2D eigenvalue weighted by atomic mass is 10.0. The van der Waals surface area contributed by atoms with Crippen molar-refractivity contribution in [3.63, 3.8) is 0 Å². The maximum atomic E-state index is 12.6. The van der Waals surface area contributed by atoms with Crippen LogP contribution in [0.2, 0.25) is 0 Å². The first-order valence-corrected chi connectivity index (χ1v) is 9.82. The summed E-state index contributed by atoms with van der Waals surface area (Å²) >= 11 is 0. The van der Waals surface area contributed by atoms with Crippen LogP contribution in [0.25, 0.3) is 0 Å². The average Bonchev–Trinajstić information content (AvgIpc) is 2.74. The van der Waals surface area contributed by atoms with E-state index in [9.17, 15) is 9.59 Å².